The highest BCUT2D eigenvalue weighted by molar-refractivity contribution is 5.91. The first-order chi connectivity index (χ1) is 10.8. The van der Waals surface area contributed by atoms with Crippen molar-refractivity contribution in [3.8, 4) is 0 Å². The van der Waals surface area contributed by atoms with E-state index in [9.17, 15) is 9.90 Å². The first-order valence-electron chi connectivity index (χ1n) is 7.21. The minimum absolute atomic E-state index is 0.366. The van der Waals surface area contributed by atoms with Gasteiger partial charge in [0.2, 0.25) is 0 Å². The molecule has 2 nitrogen and oxygen atoms in total. The minimum Gasteiger partial charge on any atom is -0.478 e. The van der Waals surface area contributed by atoms with Gasteiger partial charge in [0.1, 0.15) is 0 Å². The molecule has 22 heavy (non-hydrogen) atoms. The van der Waals surface area contributed by atoms with E-state index in [-0.39, 0.29) is 0 Å². The van der Waals surface area contributed by atoms with E-state index in [0.717, 1.165) is 11.1 Å². The normalized spacial score (nSPS) is 11.1. The Labute approximate surface area is 129 Å². The van der Waals surface area contributed by atoms with E-state index < -0.39 is 5.97 Å². The Balaban J connectivity index is 1.87. The van der Waals surface area contributed by atoms with Crippen LogP contribution in [0.1, 0.15) is 21.5 Å². The molecule has 0 saturated carbocycles. The molecule has 0 aliphatic carbocycles. The monoisotopic (exact) mass is 288 g/mol. The summed E-state index contributed by atoms with van der Waals surface area (Å²) in [4.78, 5) is 11.2. The van der Waals surface area contributed by atoms with Crippen molar-refractivity contribution in [2.45, 2.75) is 6.42 Å². The first-order valence-corrected chi connectivity index (χ1v) is 7.21. The number of carbonyl (C=O) groups is 1. The van der Waals surface area contributed by atoms with E-state index in [1.807, 2.05) is 36.4 Å². The molecule has 1 N–H and O–H groups in total. The molecule has 0 fully saturated rings. The average Bonchev–Trinajstić information content (AvgIpc) is 2.55. The maximum atomic E-state index is 11.2. The summed E-state index contributed by atoms with van der Waals surface area (Å²) < 4.78 is 0. The number of aromatic carboxylic acids is 1. The second-order valence-corrected chi connectivity index (χ2v) is 5.14. The maximum Gasteiger partial charge on any atom is 0.335 e. The topological polar surface area (TPSA) is 37.3 Å². The van der Waals surface area contributed by atoms with Gasteiger partial charge in [-0.1, -0.05) is 72.8 Å². The second kappa shape index (κ2) is 6.27. The molecule has 3 aromatic rings. The lowest BCUT2D eigenvalue weighted by molar-refractivity contribution is 0.0696. The Kier molecular flexibility index (Phi) is 4.01. The molecule has 0 heterocycles. The van der Waals surface area contributed by atoms with Gasteiger partial charge < -0.3 is 5.11 Å². The fourth-order valence-electron chi connectivity index (χ4n) is 2.62. The molecule has 2 heteroatoms. The van der Waals surface area contributed by atoms with Crippen LogP contribution in [0.25, 0.3) is 16.8 Å². The van der Waals surface area contributed by atoms with Gasteiger partial charge >= 0.3 is 5.97 Å². The van der Waals surface area contributed by atoms with Crippen LogP contribution in [0.2, 0.25) is 0 Å². The van der Waals surface area contributed by atoms with Crippen molar-refractivity contribution in [1.29, 1.82) is 0 Å². The SMILES string of the molecule is O=C(O)c1ccccc1C/C=C/c1cccc2ccccc12. The molecule has 0 bridgehead atoms. The van der Waals surface area contributed by atoms with Crippen LogP contribution >= 0.6 is 0 Å². The van der Waals surface area contributed by atoms with Crippen LogP contribution in [0.3, 0.4) is 0 Å². The Morgan fingerprint density at radius 1 is 0.909 bits per heavy atom. The molecule has 0 unspecified atom stereocenters. The second-order valence-electron chi connectivity index (χ2n) is 5.14. The zero-order valence-corrected chi connectivity index (χ0v) is 12.1. The van der Waals surface area contributed by atoms with Gasteiger partial charge in [0, 0.05) is 0 Å². The molecule has 0 aromatic heterocycles. The van der Waals surface area contributed by atoms with Crippen molar-refractivity contribution in [3.05, 3.63) is 89.5 Å². The number of carboxylic acid groups (broad SMARTS) is 1. The van der Waals surface area contributed by atoms with Crippen LogP contribution in [0.5, 0.6) is 0 Å². The van der Waals surface area contributed by atoms with Gasteiger partial charge in [-0.25, -0.2) is 4.79 Å². The molecule has 0 spiro atoms. The number of fused-ring (bicyclic) bond motifs is 1. The predicted molar refractivity (Wildman–Crippen MR) is 90.1 cm³/mol. The Hall–Kier alpha value is -2.87. The predicted octanol–water partition coefficient (Wildman–Crippen LogP) is 4.79. The van der Waals surface area contributed by atoms with Gasteiger partial charge in [-0.2, -0.15) is 0 Å². The van der Waals surface area contributed by atoms with Gasteiger partial charge in [0.25, 0.3) is 0 Å². The zero-order chi connectivity index (χ0) is 15.4. The summed E-state index contributed by atoms with van der Waals surface area (Å²) in [5.74, 6) is -0.880. The summed E-state index contributed by atoms with van der Waals surface area (Å²) in [5.41, 5.74) is 2.34. The molecule has 0 aliphatic heterocycles. The lowest BCUT2D eigenvalue weighted by Crippen LogP contribution is -2.01. The lowest BCUT2D eigenvalue weighted by atomic mass is 10.0. The van der Waals surface area contributed by atoms with Gasteiger partial charge in [0.05, 0.1) is 5.56 Å². The highest BCUT2D eigenvalue weighted by atomic mass is 16.4. The number of benzene rings is 3. The number of rotatable bonds is 4. The molecule has 108 valence electrons. The maximum absolute atomic E-state index is 11.2. The molecular weight excluding hydrogens is 272 g/mol. The van der Waals surface area contributed by atoms with E-state index in [1.54, 1.807) is 12.1 Å². The molecule has 0 aliphatic rings. The molecular formula is C20H16O2. The van der Waals surface area contributed by atoms with Crippen LogP contribution in [0.15, 0.2) is 72.8 Å². The van der Waals surface area contributed by atoms with Crippen molar-refractivity contribution < 1.29 is 9.90 Å². The van der Waals surface area contributed by atoms with E-state index in [4.69, 9.17) is 0 Å². The molecule has 0 amide bonds. The highest BCUT2D eigenvalue weighted by Gasteiger charge is 2.07. The quantitative estimate of drug-likeness (QED) is 0.749. The third-order valence-electron chi connectivity index (χ3n) is 3.71. The van der Waals surface area contributed by atoms with E-state index in [1.165, 1.54) is 10.8 Å². The smallest absolute Gasteiger partial charge is 0.335 e. The molecule has 3 aromatic carbocycles. The Morgan fingerprint density at radius 3 is 2.50 bits per heavy atom. The molecule has 0 radical (unpaired) electrons. The lowest BCUT2D eigenvalue weighted by Gasteiger charge is -2.03. The summed E-state index contributed by atoms with van der Waals surface area (Å²) in [5, 5.41) is 11.6. The largest absolute Gasteiger partial charge is 0.478 e. The third kappa shape index (κ3) is 2.91. The van der Waals surface area contributed by atoms with Gasteiger partial charge in [-0.15, -0.1) is 0 Å². The van der Waals surface area contributed by atoms with Crippen LogP contribution < -0.4 is 0 Å². The van der Waals surface area contributed by atoms with Crippen LogP contribution in [-0.2, 0) is 6.42 Å². The van der Waals surface area contributed by atoms with Gasteiger partial charge in [-0.05, 0) is 34.4 Å². The summed E-state index contributed by atoms with van der Waals surface area (Å²) >= 11 is 0. The van der Waals surface area contributed by atoms with Crippen LogP contribution in [-0.4, -0.2) is 11.1 Å². The number of allylic oxidation sites excluding steroid dienone is 1. The van der Waals surface area contributed by atoms with Crippen molar-refractivity contribution in [1.82, 2.24) is 0 Å². The fourth-order valence-corrected chi connectivity index (χ4v) is 2.62. The fraction of sp³-hybridized carbons (Fsp3) is 0.0500. The number of hydrogen-bond acceptors (Lipinski definition) is 1. The van der Waals surface area contributed by atoms with Crippen molar-refractivity contribution in [2.24, 2.45) is 0 Å². The summed E-state index contributed by atoms with van der Waals surface area (Å²) in [6, 6.07) is 21.6. The third-order valence-corrected chi connectivity index (χ3v) is 3.71. The van der Waals surface area contributed by atoms with Crippen molar-refractivity contribution >= 4 is 22.8 Å². The summed E-state index contributed by atoms with van der Waals surface area (Å²) in [6.45, 7) is 0. The zero-order valence-electron chi connectivity index (χ0n) is 12.1. The van der Waals surface area contributed by atoms with Crippen molar-refractivity contribution in [2.75, 3.05) is 0 Å². The number of carboxylic acids is 1. The summed E-state index contributed by atoms with van der Waals surface area (Å²) in [7, 11) is 0. The Morgan fingerprint density at radius 2 is 1.64 bits per heavy atom. The molecule has 0 atom stereocenters. The average molecular weight is 288 g/mol. The molecule has 3 rings (SSSR count). The van der Waals surface area contributed by atoms with E-state index in [0.29, 0.717) is 12.0 Å². The summed E-state index contributed by atoms with van der Waals surface area (Å²) in [6.07, 6.45) is 4.68. The highest BCUT2D eigenvalue weighted by Crippen LogP contribution is 2.20. The first kappa shape index (κ1) is 14.1. The van der Waals surface area contributed by atoms with E-state index in [2.05, 4.69) is 30.3 Å². The van der Waals surface area contributed by atoms with E-state index >= 15 is 0 Å². The van der Waals surface area contributed by atoms with Gasteiger partial charge in [0.15, 0.2) is 0 Å². The van der Waals surface area contributed by atoms with Crippen LogP contribution in [0.4, 0.5) is 0 Å². The van der Waals surface area contributed by atoms with Crippen LogP contribution in [0, 0.1) is 0 Å². The molecule has 0 saturated heterocycles. The Bertz CT molecular complexity index is 842. The number of hydrogen-bond donors (Lipinski definition) is 1. The minimum atomic E-state index is -0.880. The standard InChI is InChI=1S/C20H16O2/c21-20(22)19-14-4-2-8-17(19)12-6-11-16-10-5-9-15-7-1-3-13-18(15)16/h1-11,13-14H,12H2,(H,21,22)/b11-6+. The van der Waals surface area contributed by atoms with Gasteiger partial charge in [-0.3, -0.25) is 0 Å². The van der Waals surface area contributed by atoms with Crippen molar-refractivity contribution in [3.63, 3.8) is 0 Å².